The van der Waals surface area contributed by atoms with Gasteiger partial charge in [-0.1, -0.05) is 70.0 Å². The maximum Gasteiger partial charge on any atom is 0.272 e. The fraction of sp³-hybridized carbons (Fsp3) is 0.0909. The Balaban J connectivity index is 1.32. The molecule has 9 heteroatoms. The molecule has 0 spiro atoms. The fourth-order valence-corrected chi connectivity index (χ4v) is 5.81. The van der Waals surface area contributed by atoms with Crippen LogP contribution in [0.2, 0.25) is 0 Å². The van der Waals surface area contributed by atoms with Crippen LogP contribution in [0, 0.1) is 6.92 Å². The van der Waals surface area contributed by atoms with Gasteiger partial charge in [0.2, 0.25) is 11.8 Å². The Bertz CT molecular complexity index is 1690. The molecule has 0 radical (unpaired) electrons. The zero-order chi connectivity index (χ0) is 29.6. The minimum Gasteiger partial charge on any atom is -0.321 e. The van der Waals surface area contributed by atoms with E-state index in [4.69, 9.17) is 0 Å². The normalized spacial score (nSPS) is 15.0. The molecule has 42 heavy (non-hydrogen) atoms. The van der Waals surface area contributed by atoms with E-state index in [1.807, 2.05) is 43.3 Å². The molecule has 4 amide bonds. The average molecular weight is 641 g/mol. The summed E-state index contributed by atoms with van der Waals surface area (Å²) in [5, 5.41) is 5.01. The third-order valence-electron chi connectivity index (χ3n) is 6.44. The lowest BCUT2D eigenvalue weighted by Gasteiger charge is -2.15. The molecule has 1 atom stereocenters. The van der Waals surface area contributed by atoms with Crippen molar-refractivity contribution in [1.82, 2.24) is 5.32 Å². The SMILES string of the molecule is Cc1cccc(/C=C(\NC(=O)c2ccccc2)C(=O)Nc2cccc(S[C@@H]3CC(=O)N(c4ccc(Br)cc4)C3=O)c2)c1. The second-order valence-electron chi connectivity index (χ2n) is 9.63. The minimum absolute atomic E-state index is 0.0745. The van der Waals surface area contributed by atoms with Crippen molar-refractivity contribution in [3.05, 3.63) is 130 Å². The number of anilines is 2. The zero-order valence-electron chi connectivity index (χ0n) is 22.5. The molecule has 2 N–H and O–H groups in total. The number of halogens is 1. The Labute approximate surface area is 256 Å². The first-order valence-electron chi connectivity index (χ1n) is 13.1. The largest absolute Gasteiger partial charge is 0.321 e. The summed E-state index contributed by atoms with van der Waals surface area (Å²) in [6.07, 6.45) is 1.70. The predicted molar refractivity (Wildman–Crippen MR) is 169 cm³/mol. The van der Waals surface area contributed by atoms with Crippen LogP contribution in [0.1, 0.15) is 27.9 Å². The lowest BCUT2D eigenvalue weighted by atomic mass is 10.1. The van der Waals surface area contributed by atoms with Gasteiger partial charge in [-0.15, -0.1) is 11.8 Å². The predicted octanol–water partition coefficient (Wildman–Crippen LogP) is 6.59. The molecule has 0 bridgehead atoms. The highest BCUT2D eigenvalue weighted by Gasteiger charge is 2.40. The molecule has 4 aromatic carbocycles. The molecule has 1 saturated heterocycles. The average Bonchev–Trinajstić information content (AvgIpc) is 3.25. The number of rotatable bonds is 8. The molecule has 0 aromatic heterocycles. The van der Waals surface area contributed by atoms with Crippen LogP contribution in [0.4, 0.5) is 11.4 Å². The molecule has 0 aliphatic carbocycles. The molecular weight excluding hydrogens is 614 g/mol. The number of benzene rings is 4. The quantitative estimate of drug-likeness (QED) is 0.167. The summed E-state index contributed by atoms with van der Waals surface area (Å²) in [6.45, 7) is 1.95. The molecule has 1 heterocycles. The van der Waals surface area contributed by atoms with Crippen LogP contribution in [0.5, 0.6) is 0 Å². The van der Waals surface area contributed by atoms with Crippen molar-refractivity contribution in [1.29, 1.82) is 0 Å². The van der Waals surface area contributed by atoms with E-state index in [-0.39, 0.29) is 23.9 Å². The number of amides is 4. The Morgan fingerprint density at radius 3 is 2.38 bits per heavy atom. The van der Waals surface area contributed by atoms with Crippen LogP contribution in [-0.2, 0) is 14.4 Å². The van der Waals surface area contributed by atoms with E-state index in [0.29, 0.717) is 21.8 Å². The summed E-state index contributed by atoms with van der Waals surface area (Å²) in [6, 6.07) is 30.3. The van der Waals surface area contributed by atoms with Gasteiger partial charge < -0.3 is 10.6 Å². The van der Waals surface area contributed by atoms with Crippen LogP contribution < -0.4 is 15.5 Å². The first-order valence-corrected chi connectivity index (χ1v) is 14.8. The number of imide groups is 1. The summed E-state index contributed by atoms with van der Waals surface area (Å²) < 4.78 is 0.853. The maximum absolute atomic E-state index is 13.4. The van der Waals surface area contributed by atoms with Gasteiger partial charge in [0.05, 0.1) is 10.9 Å². The Morgan fingerprint density at radius 1 is 0.905 bits per heavy atom. The monoisotopic (exact) mass is 639 g/mol. The smallest absolute Gasteiger partial charge is 0.272 e. The van der Waals surface area contributed by atoms with Gasteiger partial charge in [0.15, 0.2) is 0 Å². The van der Waals surface area contributed by atoms with Gasteiger partial charge in [-0.2, -0.15) is 0 Å². The molecule has 7 nitrogen and oxygen atoms in total. The number of nitrogens with zero attached hydrogens (tertiary/aromatic N) is 1. The van der Waals surface area contributed by atoms with E-state index < -0.39 is 17.1 Å². The molecule has 210 valence electrons. The van der Waals surface area contributed by atoms with Crippen LogP contribution in [0.15, 0.2) is 118 Å². The summed E-state index contributed by atoms with van der Waals surface area (Å²) in [7, 11) is 0. The van der Waals surface area contributed by atoms with E-state index in [9.17, 15) is 19.2 Å². The van der Waals surface area contributed by atoms with Crippen molar-refractivity contribution in [2.45, 2.75) is 23.5 Å². The van der Waals surface area contributed by atoms with Gasteiger partial charge in [-0.3, -0.25) is 19.2 Å². The highest BCUT2D eigenvalue weighted by Crippen LogP contribution is 2.35. The van der Waals surface area contributed by atoms with Gasteiger partial charge in [0.25, 0.3) is 11.8 Å². The summed E-state index contributed by atoms with van der Waals surface area (Å²) in [4.78, 5) is 54.1. The number of carbonyl (C=O) groups excluding carboxylic acids is 4. The topological polar surface area (TPSA) is 95.6 Å². The summed E-state index contributed by atoms with van der Waals surface area (Å²) >= 11 is 4.64. The number of thioether (sulfide) groups is 1. The molecule has 1 aliphatic heterocycles. The summed E-state index contributed by atoms with van der Waals surface area (Å²) in [5.74, 6) is -1.46. The van der Waals surface area contributed by atoms with E-state index in [1.165, 1.54) is 16.7 Å². The van der Waals surface area contributed by atoms with E-state index in [0.717, 1.165) is 15.6 Å². The van der Waals surface area contributed by atoms with E-state index >= 15 is 0 Å². The molecule has 1 aliphatic rings. The van der Waals surface area contributed by atoms with Crippen molar-refractivity contribution in [2.24, 2.45) is 0 Å². The third kappa shape index (κ3) is 7.05. The molecule has 4 aromatic rings. The molecule has 0 saturated carbocycles. The van der Waals surface area contributed by atoms with Crippen molar-refractivity contribution in [3.8, 4) is 0 Å². The first-order chi connectivity index (χ1) is 20.3. The van der Waals surface area contributed by atoms with Crippen LogP contribution in [0.3, 0.4) is 0 Å². The van der Waals surface area contributed by atoms with Gasteiger partial charge in [0, 0.05) is 27.0 Å². The number of carbonyl (C=O) groups is 4. The van der Waals surface area contributed by atoms with Gasteiger partial charge in [0.1, 0.15) is 5.70 Å². The molecule has 0 unspecified atom stereocenters. The summed E-state index contributed by atoms with van der Waals surface area (Å²) in [5.41, 5.74) is 3.29. The van der Waals surface area contributed by atoms with E-state index in [1.54, 1.807) is 72.8 Å². The minimum atomic E-state index is -0.589. The molecule has 1 fully saturated rings. The number of hydrogen-bond donors (Lipinski definition) is 2. The van der Waals surface area contributed by atoms with Crippen molar-refractivity contribution < 1.29 is 19.2 Å². The lowest BCUT2D eigenvalue weighted by Crippen LogP contribution is -2.31. The van der Waals surface area contributed by atoms with Crippen LogP contribution in [-0.4, -0.2) is 28.9 Å². The van der Waals surface area contributed by atoms with Gasteiger partial charge in [-0.05, 0) is 73.2 Å². The van der Waals surface area contributed by atoms with Crippen molar-refractivity contribution in [2.75, 3.05) is 10.2 Å². The fourth-order valence-electron chi connectivity index (χ4n) is 4.44. The molecular formula is C33H26BrN3O4S. The number of aryl methyl sites for hydroxylation is 1. The van der Waals surface area contributed by atoms with E-state index in [2.05, 4.69) is 26.6 Å². The van der Waals surface area contributed by atoms with Crippen LogP contribution >= 0.6 is 27.7 Å². The Hall–Kier alpha value is -4.47. The number of hydrogen-bond acceptors (Lipinski definition) is 5. The molecule has 5 rings (SSSR count). The standard InChI is InChI=1S/C33H26BrN3O4S/c1-21-7-5-8-22(17-21)18-28(36-31(39)23-9-3-2-4-10-23)32(40)35-25-11-6-12-27(19-25)42-29-20-30(38)37(33(29)41)26-15-13-24(34)14-16-26/h2-19,29H,20H2,1H3,(H,35,40)(H,36,39)/b28-18-/t29-/m1/s1. The Morgan fingerprint density at radius 2 is 1.64 bits per heavy atom. The van der Waals surface area contributed by atoms with Crippen molar-refractivity contribution in [3.63, 3.8) is 0 Å². The highest BCUT2D eigenvalue weighted by molar-refractivity contribution is 9.10. The van der Waals surface area contributed by atoms with Crippen molar-refractivity contribution >= 4 is 68.8 Å². The second kappa shape index (κ2) is 13.0. The zero-order valence-corrected chi connectivity index (χ0v) is 24.9. The second-order valence-corrected chi connectivity index (χ2v) is 11.8. The van der Waals surface area contributed by atoms with Gasteiger partial charge >= 0.3 is 0 Å². The maximum atomic E-state index is 13.4. The highest BCUT2D eigenvalue weighted by atomic mass is 79.9. The third-order valence-corrected chi connectivity index (χ3v) is 8.15. The lowest BCUT2D eigenvalue weighted by molar-refractivity contribution is -0.121. The van der Waals surface area contributed by atoms with Crippen LogP contribution in [0.25, 0.3) is 6.08 Å². The van der Waals surface area contributed by atoms with Gasteiger partial charge in [-0.25, -0.2) is 4.90 Å². The number of nitrogens with one attached hydrogen (secondary N) is 2. The Kier molecular flexibility index (Phi) is 9.00. The first kappa shape index (κ1) is 29.0.